The third-order valence-corrected chi connectivity index (χ3v) is 5.91. The SMILES string of the molecule is CNCC[C@@]12CCCC[C@]1(O)CCc1c(Cl)cccc12.Cl. The van der Waals surface area contributed by atoms with Gasteiger partial charge < -0.3 is 10.4 Å². The van der Waals surface area contributed by atoms with Gasteiger partial charge in [0.05, 0.1) is 5.60 Å². The molecule has 2 atom stereocenters. The highest BCUT2D eigenvalue weighted by Gasteiger charge is 2.54. The molecule has 0 saturated heterocycles. The van der Waals surface area contributed by atoms with Crippen molar-refractivity contribution in [3.63, 3.8) is 0 Å². The molecule has 0 aliphatic heterocycles. The van der Waals surface area contributed by atoms with Crippen LogP contribution in [-0.2, 0) is 11.8 Å². The molecule has 1 aromatic rings. The summed E-state index contributed by atoms with van der Waals surface area (Å²) >= 11 is 6.42. The van der Waals surface area contributed by atoms with Crippen molar-refractivity contribution in [1.29, 1.82) is 0 Å². The summed E-state index contributed by atoms with van der Waals surface area (Å²) in [6.07, 6.45) is 7.13. The van der Waals surface area contributed by atoms with E-state index in [-0.39, 0.29) is 17.8 Å². The Labute approximate surface area is 138 Å². The fraction of sp³-hybridized carbons (Fsp3) is 0.647. The van der Waals surface area contributed by atoms with Gasteiger partial charge in [0, 0.05) is 10.4 Å². The average molecular weight is 330 g/mol. The van der Waals surface area contributed by atoms with Crippen LogP contribution < -0.4 is 5.32 Å². The predicted molar refractivity (Wildman–Crippen MR) is 90.7 cm³/mol. The highest BCUT2D eigenvalue weighted by atomic mass is 35.5. The molecule has 1 fully saturated rings. The van der Waals surface area contributed by atoms with Crippen LogP contribution in [0.25, 0.3) is 0 Å². The molecule has 1 saturated carbocycles. The maximum Gasteiger partial charge on any atom is 0.0747 e. The first kappa shape index (κ1) is 17.1. The molecule has 2 aliphatic rings. The molecule has 1 aromatic carbocycles. The fourth-order valence-electron chi connectivity index (χ4n) is 4.49. The molecule has 0 bridgehead atoms. The Balaban J connectivity index is 0.00000161. The highest BCUT2D eigenvalue weighted by molar-refractivity contribution is 6.31. The molecule has 0 heterocycles. The molecular formula is C17H25Cl2NO. The van der Waals surface area contributed by atoms with Crippen LogP contribution in [0.2, 0.25) is 5.02 Å². The van der Waals surface area contributed by atoms with E-state index in [0.29, 0.717) is 0 Å². The van der Waals surface area contributed by atoms with Gasteiger partial charge in [0.2, 0.25) is 0 Å². The van der Waals surface area contributed by atoms with Crippen LogP contribution in [0, 0.1) is 0 Å². The topological polar surface area (TPSA) is 32.3 Å². The van der Waals surface area contributed by atoms with Gasteiger partial charge in [-0.1, -0.05) is 36.6 Å². The second kappa shape index (κ2) is 6.45. The van der Waals surface area contributed by atoms with Gasteiger partial charge in [0.25, 0.3) is 0 Å². The minimum absolute atomic E-state index is 0. The van der Waals surface area contributed by atoms with Crippen molar-refractivity contribution in [2.75, 3.05) is 13.6 Å². The zero-order valence-electron chi connectivity index (χ0n) is 12.6. The quantitative estimate of drug-likeness (QED) is 0.882. The summed E-state index contributed by atoms with van der Waals surface area (Å²) in [4.78, 5) is 0. The summed E-state index contributed by atoms with van der Waals surface area (Å²) in [7, 11) is 1.99. The van der Waals surface area contributed by atoms with E-state index in [4.69, 9.17) is 11.6 Å². The maximum absolute atomic E-state index is 11.3. The van der Waals surface area contributed by atoms with Crippen molar-refractivity contribution in [1.82, 2.24) is 5.32 Å². The normalized spacial score (nSPS) is 31.0. The van der Waals surface area contributed by atoms with E-state index in [0.717, 1.165) is 50.1 Å². The number of hydrogen-bond acceptors (Lipinski definition) is 2. The molecule has 4 heteroatoms. The van der Waals surface area contributed by atoms with E-state index in [1.54, 1.807) is 0 Å². The standard InChI is InChI=1S/C17H24ClNO.ClH/c1-19-12-11-16-8-2-3-9-17(16,20)10-7-13-14(16)5-4-6-15(13)18;/h4-6,19-20H,2-3,7-12H2,1H3;1H/t16-,17+;/m1./s1. The Morgan fingerprint density at radius 3 is 2.76 bits per heavy atom. The monoisotopic (exact) mass is 329 g/mol. The van der Waals surface area contributed by atoms with Crippen molar-refractivity contribution in [2.45, 2.75) is 56.0 Å². The lowest BCUT2D eigenvalue weighted by Crippen LogP contribution is -2.57. The van der Waals surface area contributed by atoms with E-state index < -0.39 is 5.60 Å². The average Bonchev–Trinajstić information content (AvgIpc) is 2.45. The summed E-state index contributed by atoms with van der Waals surface area (Å²) in [5.74, 6) is 0. The van der Waals surface area contributed by atoms with Gasteiger partial charge in [0.15, 0.2) is 0 Å². The molecule has 0 amide bonds. The van der Waals surface area contributed by atoms with Gasteiger partial charge in [-0.3, -0.25) is 0 Å². The van der Waals surface area contributed by atoms with E-state index in [2.05, 4.69) is 11.4 Å². The van der Waals surface area contributed by atoms with Gasteiger partial charge in [0.1, 0.15) is 0 Å². The number of halogens is 2. The van der Waals surface area contributed by atoms with Crippen LogP contribution in [0.3, 0.4) is 0 Å². The van der Waals surface area contributed by atoms with Crippen molar-refractivity contribution in [2.24, 2.45) is 0 Å². The number of nitrogens with one attached hydrogen (secondary N) is 1. The fourth-order valence-corrected chi connectivity index (χ4v) is 4.76. The van der Waals surface area contributed by atoms with Crippen LogP contribution in [0.4, 0.5) is 0 Å². The molecule has 0 unspecified atom stereocenters. The van der Waals surface area contributed by atoms with Crippen LogP contribution >= 0.6 is 24.0 Å². The number of hydrogen-bond donors (Lipinski definition) is 2. The Kier molecular flexibility index (Phi) is 5.25. The molecule has 0 radical (unpaired) electrons. The van der Waals surface area contributed by atoms with Gasteiger partial charge in [-0.2, -0.15) is 0 Å². The molecule has 21 heavy (non-hydrogen) atoms. The minimum Gasteiger partial charge on any atom is -0.389 e. The van der Waals surface area contributed by atoms with Crippen LogP contribution in [0.5, 0.6) is 0 Å². The van der Waals surface area contributed by atoms with Crippen molar-refractivity contribution < 1.29 is 5.11 Å². The molecule has 2 N–H and O–H groups in total. The molecule has 2 aliphatic carbocycles. The summed E-state index contributed by atoms with van der Waals surface area (Å²) in [6.45, 7) is 0.939. The molecular weight excluding hydrogens is 305 g/mol. The summed E-state index contributed by atoms with van der Waals surface area (Å²) < 4.78 is 0. The lowest BCUT2D eigenvalue weighted by molar-refractivity contribution is -0.0867. The summed E-state index contributed by atoms with van der Waals surface area (Å²) in [6, 6.07) is 6.23. The van der Waals surface area contributed by atoms with Crippen LogP contribution in [-0.4, -0.2) is 24.3 Å². The lowest BCUT2D eigenvalue weighted by Gasteiger charge is -2.55. The predicted octanol–water partition coefficient (Wildman–Crippen LogP) is 3.86. The maximum atomic E-state index is 11.3. The van der Waals surface area contributed by atoms with Gasteiger partial charge >= 0.3 is 0 Å². The van der Waals surface area contributed by atoms with E-state index >= 15 is 0 Å². The van der Waals surface area contributed by atoms with E-state index in [1.807, 2.05) is 19.2 Å². The first-order chi connectivity index (χ1) is 9.63. The first-order valence-electron chi connectivity index (χ1n) is 7.78. The lowest BCUT2D eigenvalue weighted by atomic mass is 9.53. The number of aliphatic hydroxyl groups is 1. The second-order valence-electron chi connectivity index (χ2n) is 6.44. The summed E-state index contributed by atoms with van der Waals surface area (Å²) in [5.41, 5.74) is 1.94. The largest absolute Gasteiger partial charge is 0.389 e. The van der Waals surface area contributed by atoms with Crippen molar-refractivity contribution >= 4 is 24.0 Å². The Morgan fingerprint density at radius 1 is 1.24 bits per heavy atom. The van der Waals surface area contributed by atoms with E-state index in [1.165, 1.54) is 17.5 Å². The minimum atomic E-state index is -0.542. The second-order valence-corrected chi connectivity index (χ2v) is 6.85. The Morgan fingerprint density at radius 2 is 2.00 bits per heavy atom. The van der Waals surface area contributed by atoms with Gasteiger partial charge in [-0.15, -0.1) is 12.4 Å². The molecule has 2 nitrogen and oxygen atoms in total. The molecule has 3 rings (SSSR count). The van der Waals surface area contributed by atoms with Crippen LogP contribution in [0.1, 0.15) is 49.7 Å². The van der Waals surface area contributed by atoms with Crippen molar-refractivity contribution in [3.8, 4) is 0 Å². The van der Waals surface area contributed by atoms with Crippen molar-refractivity contribution in [3.05, 3.63) is 34.3 Å². The third-order valence-electron chi connectivity index (χ3n) is 5.56. The molecule has 118 valence electrons. The molecule has 0 spiro atoms. The first-order valence-corrected chi connectivity index (χ1v) is 8.16. The number of rotatable bonds is 3. The number of fused-ring (bicyclic) bond motifs is 3. The van der Waals surface area contributed by atoms with Gasteiger partial charge in [-0.05, 0) is 62.9 Å². The smallest absolute Gasteiger partial charge is 0.0747 e. The Bertz CT molecular complexity index is 508. The van der Waals surface area contributed by atoms with E-state index in [9.17, 15) is 5.11 Å². The number of benzene rings is 1. The highest BCUT2D eigenvalue weighted by Crippen LogP contribution is 2.55. The summed E-state index contributed by atoms with van der Waals surface area (Å²) in [5, 5.41) is 15.5. The van der Waals surface area contributed by atoms with Crippen LogP contribution in [0.15, 0.2) is 18.2 Å². The van der Waals surface area contributed by atoms with Gasteiger partial charge in [-0.25, -0.2) is 0 Å². The third kappa shape index (κ3) is 2.61. The Hall–Kier alpha value is -0.280. The molecule has 0 aromatic heterocycles. The zero-order valence-corrected chi connectivity index (χ0v) is 14.2. The zero-order chi connectivity index (χ0) is 14.2.